The molecule has 4 heterocycles. The van der Waals surface area contributed by atoms with Gasteiger partial charge in [0.2, 0.25) is 0 Å². The molecule has 1 fully saturated rings. The predicted molar refractivity (Wildman–Crippen MR) is 150 cm³/mol. The highest BCUT2D eigenvalue weighted by molar-refractivity contribution is 7.91. The molecule has 0 aliphatic carbocycles. The smallest absolute Gasteiger partial charge is 0.177 e. The molecular weight excluding hydrogens is 514 g/mol. The van der Waals surface area contributed by atoms with Gasteiger partial charge in [-0.3, -0.25) is 4.98 Å². The van der Waals surface area contributed by atoms with Gasteiger partial charge in [-0.15, -0.1) is 0 Å². The molecule has 1 saturated heterocycles. The van der Waals surface area contributed by atoms with E-state index >= 15 is 0 Å². The van der Waals surface area contributed by atoms with Gasteiger partial charge in [0.1, 0.15) is 11.5 Å². The average Bonchev–Trinajstić information content (AvgIpc) is 3.45. The first-order valence-corrected chi connectivity index (χ1v) is 15.0. The number of aryl methyl sites for hydroxylation is 2. The highest BCUT2D eigenvalue weighted by atomic mass is 32.2. The van der Waals surface area contributed by atoms with E-state index in [9.17, 15) is 8.42 Å². The van der Waals surface area contributed by atoms with Gasteiger partial charge < -0.3 is 18.6 Å². The van der Waals surface area contributed by atoms with E-state index in [1.165, 1.54) is 6.26 Å². The number of hydrogen-bond donors (Lipinski definition) is 0. The van der Waals surface area contributed by atoms with Crippen LogP contribution < -0.4 is 4.74 Å². The van der Waals surface area contributed by atoms with Crippen molar-refractivity contribution in [1.29, 1.82) is 0 Å². The van der Waals surface area contributed by atoms with Crippen molar-refractivity contribution in [3.8, 4) is 16.9 Å². The molecule has 6 rings (SSSR count). The van der Waals surface area contributed by atoms with E-state index in [-0.39, 0.29) is 16.9 Å². The van der Waals surface area contributed by atoms with Crippen molar-refractivity contribution < 1.29 is 22.4 Å². The number of ether oxygens (including phenoxy) is 2. The summed E-state index contributed by atoms with van der Waals surface area (Å²) in [5.74, 6) is 1.51. The summed E-state index contributed by atoms with van der Waals surface area (Å²) in [4.78, 5) is 5.18. The molecule has 39 heavy (non-hydrogen) atoms. The van der Waals surface area contributed by atoms with E-state index in [2.05, 4.69) is 27.9 Å². The Morgan fingerprint density at radius 2 is 1.82 bits per heavy atom. The second-order valence-electron chi connectivity index (χ2n) is 10.2. The standard InChI is InChI=1S/C30H31N3O5S/c1-18-26(19(2)38-32-18)22-16-23-28(31-17-22)27-24(36-3)10-11-25(39(4,34)35)30(27)33(23)29(20-8-6-5-7-9-20)21-12-14-37-15-13-21/h5-11,16-17,21,29H,12-15H2,1-4H3/t29-/m1/s1. The number of pyridine rings is 1. The number of sulfone groups is 1. The zero-order valence-corrected chi connectivity index (χ0v) is 23.3. The van der Waals surface area contributed by atoms with Crippen LogP contribution >= 0.6 is 0 Å². The normalized spacial score (nSPS) is 15.7. The quantitative estimate of drug-likeness (QED) is 0.262. The van der Waals surface area contributed by atoms with Gasteiger partial charge in [-0.25, -0.2) is 8.42 Å². The molecule has 2 aromatic carbocycles. The summed E-state index contributed by atoms with van der Waals surface area (Å²) in [5, 5.41) is 4.83. The molecule has 1 aliphatic heterocycles. The Morgan fingerprint density at radius 3 is 2.46 bits per heavy atom. The highest BCUT2D eigenvalue weighted by Crippen LogP contribution is 2.45. The van der Waals surface area contributed by atoms with Crippen molar-refractivity contribution in [3.63, 3.8) is 0 Å². The molecule has 8 nitrogen and oxygen atoms in total. The molecule has 0 bridgehead atoms. The van der Waals surface area contributed by atoms with Gasteiger partial charge in [0.25, 0.3) is 0 Å². The van der Waals surface area contributed by atoms with Gasteiger partial charge in [-0.2, -0.15) is 0 Å². The SMILES string of the molecule is COc1ccc(S(C)(=O)=O)c2c1c1ncc(-c3c(C)noc3C)cc1n2[C@H](c1ccccc1)C1CCOCC1. The lowest BCUT2D eigenvalue weighted by molar-refractivity contribution is 0.0552. The van der Waals surface area contributed by atoms with Gasteiger partial charge in [-0.05, 0) is 56.4 Å². The van der Waals surface area contributed by atoms with Crippen LogP contribution in [-0.2, 0) is 14.6 Å². The minimum absolute atomic E-state index is 0.149. The molecule has 0 unspecified atom stereocenters. The molecule has 0 N–H and O–H groups in total. The van der Waals surface area contributed by atoms with Gasteiger partial charge in [0, 0.05) is 36.8 Å². The third-order valence-corrected chi connectivity index (χ3v) is 8.91. The average molecular weight is 546 g/mol. The predicted octanol–water partition coefficient (Wildman–Crippen LogP) is 5.89. The van der Waals surface area contributed by atoms with Crippen LogP contribution in [0.3, 0.4) is 0 Å². The zero-order chi connectivity index (χ0) is 27.3. The number of methoxy groups -OCH3 is 1. The van der Waals surface area contributed by atoms with Crippen LogP contribution in [0.25, 0.3) is 33.1 Å². The maximum absolute atomic E-state index is 13.2. The number of benzene rings is 2. The summed E-state index contributed by atoms with van der Waals surface area (Å²) in [6.07, 6.45) is 4.77. The summed E-state index contributed by atoms with van der Waals surface area (Å²) in [6.45, 7) is 5.12. The second kappa shape index (κ2) is 9.81. The molecule has 3 aromatic heterocycles. The Morgan fingerprint density at radius 1 is 1.08 bits per heavy atom. The number of nitrogens with zero attached hydrogens (tertiary/aromatic N) is 3. The molecule has 0 amide bonds. The number of rotatable bonds is 6. The van der Waals surface area contributed by atoms with Crippen molar-refractivity contribution in [2.45, 2.75) is 37.6 Å². The first-order chi connectivity index (χ1) is 18.8. The minimum atomic E-state index is -3.59. The van der Waals surface area contributed by atoms with E-state index in [0.717, 1.165) is 40.7 Å². The number of aromatic nitrogens is 3. The fourth-order valence-electron chi connectivity index (χ4n) is 6.08. The molecular formula is C30H31N3O5S. The molecule has 0 radical (unpaired) electrons. The molecule has 202 valence electrons. The Bertz CT molecular complexity index is 1760. The monoisotopic (exact) mass is 545 g/mol. The summed E-state index contributed by atoms with van der Waals surface area (Å²) in [6, 6.07) is 15.6. The van der Waals surface area contributed by atoms with E-state index in [1.54, 1.807) is 25.4 Å². The maximum Gasteiger partial charge on any atom is 0.177 e. The van der Waals surface area contributed by atoms with E-state index in [4.69, 9.17) is 19.0 Å². The first kappa shape index (κ1) is 25.6. The Balaban J connectivity index is 1.79. The molecule has 1 atom stereocenters. The zero-order valence-electron chi connectivity index (χ0n) is 22.5. The molecule has 9 heteroatoms. The summed E-state index contributed by atoms with van der Waals surface area (Å²) in [5.41, 5.74) is 5.76. The molecule has 0 saturated carbocycles. The van der Waals surface area contributed by atoms with Crippen molar-refractivity contribution in [2.24, 2.45) is 5.92 Å². The Kier molecular flexibility index (Phi) is 6.43. The van der Waals surface area contributed by atoms with E-state index < -0.39 is 9.84 Å². The van der Waals surface area contributed by atoms with Crippen LogP contribution in [0.15, 0.2) is 64.1 Å². The van der Waals surface area contributed by atoms with Crippen LogP contribution in [0.1, 0.15) is 35.9 Å². The fraction of sp³-hybridized carbons (Fsp3) is 0.333. The lowest BCUT2D eigenvalue weighted by Crippen LogP contribution is -2.27. The highest BCUT2D eigenvalue weighted by Gasteiger charge is 2.33. The first-order valence-electron chi connectivity index (χ1n) is 13.1. The van der Waals surface area contributed by atoms with Crippen LogP contribution in [0.4, 0.5) is 0 Å². The van der Waals surface area contributed by atoms with Crippen molar-refractivity contribution in [3.05, 3.63) is 71.7 Å². The molecule has 5 aromatic rings. The lowest BCUT2D eigenvalue weighted by atomic mass is 9.86. The van der Waals surface area contributed by atoms with Gasteiger partial charge in [-0.1, -0.05) is 35.5 Å². The van der Waals surface area contributed by atoms with Gasteiger partial charge in [0.15, 0.2) is 9.84 Å². The summed E-state index contributed by atoms with van der Waals surface area (Å²) in [7, 11) is -1.99. The third-order valence-electron chi connectivity index (χ3n) is 7.78. The molecule has 0 spiro atoms. The van der Waals surface area contributed by atoms with Gasteiger partial charge in [0.05, 0.1) is 45.7 Å². The second-order valence-corrected chi connectivity index (χ2v) is 12.2. The van der Waals surface area contributed by atoms with Gasteiger partial charge >= 0.3 is 0 Å². The number of hydrogen-bond acceptors (Lipinski definition) is 7. The van der Waals surface area contributed by atoms with Crippen molar-refractivity contribution in [2.75, 3.05) is 26.6 Å². The number of fused-ring (bicyclic) bond motifs is 3. The van der Waals surface area contributed by atoms with Crippen LogP contribution in [0.2, 0.25) is 0 Å². The van der Waals surface area contributed by atoms with Crippen molar-refractivity contribution in [1.82, 2.24) is 14.7 Å². The summed E-state index contributed by atoms with van der Waals surface area (Å²) >= 11 is 0. The lowest BCUT2D eigenvalue weighted by Gasteiger charge is -2.33. The minimum Gasteiger partial charge on any atom is -0.496 e. The fourth-order valence-corrected chi connectivity index (χ4v) is 6.94. The van der Waals surface area contributed by atoms with Crippen LogP contribution in [0.5, 0.6) is 5.75 Å². The third kappa shape index (κ3) is 4.30. The Hall–Kier alpha value is -3.69. The summed E-state index contributed by atoms with van der Waals surface area (Å²) < 4.78 is 45.7. The maximum atomic E-state index is 13.2. The topological polar surface area (TPSA) is 96.5 Å². The van der Waals surface area contributed by atoms with Crippen LogP contribution in [-0.4, -0.2) is 49.7 Å². The van der Waals surface area contributed by atoms with E-state index in [1.807, 2.05) is 32.0 Å². The van der Waals surface area contributed by atoms with Crippen LogP contribution in [0, 0.1) is 19.8 Å². The largest absolute Gasteiger partial charge is 0.496 e. The Labute approximate surface area is 227 Å². The molecule has 1 aliphatic rings. The van der Waals surface area contributed by atoms with E-state index in [0.29, 0.717) is 41.1 Å². The van der Waals surface area contributed by atoms with Crippen molar-refractivity contribution >= 4 is 31.8 Å².